The molecule has 0 aliphatic carbocycles. The summed E-state index contributed by atoms with van der Waals surface area (Å²) in [5.74, 6) is -0.309. The van der Waals surface area contributed by atoms with Crippen LogP contribution < -0.4 is 10.0 Å². The van der Waals surface area contributed by atoms with Gasteiger partial charge in [-0.25, -0.2) is 8.42 Å². The highest BCUT2D eigenvalue weighted by molar-refractivity contribution is 7.99. The Morgan fingerprint density at radius 2 is 1.52 bits per heavy atom. The fraction of sp³-hybridized carbons (Fsp3) is 0.136. The highest BCUT2D eigenvalue weighted by Crippen LogP contribution is 2.30. The van der Waals surface area contributed by atoms with Gasteiger partial charge < -0.3 is 5.32 Å². The summed E-state index contributed by atoms with van der Waals surface area (Å²) in [5.41, 5.74) is 3.91. The van der Waals surface area contributed by atoms with Crippen LogP contribution in [-0.2, 0) is 10.0 Å². The fourth-order valence-corrected chi connectivity index (χ4v) is 4.13. The third-order valence-electron chi connectivity index (χ3n) is 4.25. The van der Waals surface area contributed by atoms with Gasteiger partial charge in [-0.1, -0.05) is 23.9 Å². The Bertz CT molecular complexity index is 1140. The average molecular weight is 427 g/mol. The van der Waals surface area contributed by atoms with Gasteiger partial charge >= 0.3 is 0 Å². The van der Waals surface area contributed by atoms with E-state index in [2.05, 4.69) is 42.1 Å². The predicted octanol–water partition coefficient (Wildman–Crippen LogP) is 5.08. The number of aryl methyl sites for hydroxylation is 2. The molecule has 0 spiro atoms. The molecule has 0 atom stereocenters. The van der Waals surface area contributed by atoms with Crippen molar-refractivity contribution in [1.82, 2.24) is 0 Å². The summed E-state index contributed by atoms with van der Waals surface area (Å²) < 4.78 is 25.1. The van der Waals surface area contributed by atoms with Crippen LogP contribution in [0.15, 0.2) is 76.5 Å². The highest BCUT2D eigenvalue weighted by Gasteiger charge is 2.09. The van der Waals surface area contributed by atoms with Gasteiger partial charge in [-0.2, -0.15) is 0 Å². The summed E-state index contributed by atoms with van der Waals surface area (Å²) in [6.45, 7) is 4.19. The third kappa shape index (κ3) is 6.10. The lowest BCUT2D eigenvalue weighted by atomic mass is 10.1. The first-order valence-electron chi connectivity index (χ1n) is 8.94. The van der Waals surface area contributed by atoms with E-state index in [9.17, 15) is 13.2 Å². The Labute approximate surface area is 175 Å². The molecule has 0 unspecified atom stereocenters. The molecule has 150 valence electrons. The zero-order valence-corrected chi connectivity index (χ0v) is 18.0. The van der Waals surface area contributed by atoms with Gasteiger partial charge in [0.25, 0.3) is 5.91 Å². The number of nitrogens with one attached hydrogen (secondary N) is 2. The normalized spacial score (nSPS) is 11.1. The first-order chi connectivity index (χ1) is 13.7. The molecule has 3 rings (SSSR count). The van der Waals surface area contributed by atoms with Crippen molar-refractivity contribution >= 4 is 39.1 Å². The van der Waals surface area contributed by atoms with Crippen molar-refractivity contribution in [2.24, 2.45) is 0 Å². The number of amides is 1. The van der Waals surface area contributed by atoms with Gasteiger partial charge in [0.2, 0.25) is 10.0 Å². The zero-order chi connectivity index (χ0) is 21.0. The molecule has 3 aromatic carbocycles. The van der Waals surface area contributed by atoms with Crippen molar-refractivity contribution in [2.75, 3.05) is 16.3 Å². The second-order valence-corrected chi connectivity index (χ2v) is 9.68. The summed E-state index contributed by atoms with van der Waals surface area (Å²) in [6, 6.07) is 20.3. The molecule has 0 fully saturated rings. The number of anilines is 2. The number of carbonyl (C=O) groups excluding carboxylic acids is 1. The standard InChI is InChI=1S/C22H22N2O3S2/c1-15-7-10-21(13-16(15)2)28-20-11-8-18(9-12-20)23-22(25)17-5-4-6-19(14-17)24-29(3,26)27/h4-14,24H,1-3H3,(H,23,25). The van der Waals surface area contributed by atoms with Crippen LogP contribution in [0, 0.1) is 13.8 Å². The molecular weight excluding hydrogens is 404 g/mol. The summed E-state index contributed by atoms with van der Waals surface area (Å²) in [4.78, 5) is 14.7. The van der Waals surface area contributed by atoms with Gasteiger partial charge in [0.1, 0.15) is 0 Å². The lowest BCUT2D eigenvalue weighted by molar-refractivity contribution is 0.102. The van der Waals surface area contributed by atoms with Gasteiger partial charge in [0.05, 0.1) is 6.26 Å². The number of carbonyl (C=O) groups is 1. The van der Waals surface area contributed by atoms with Gasteiger partial charge in [-0.05, 0) is 79.6 Å². The zero-order valence-electron chi connectivity index (χ0n) is 16.4. The van der Waals surface area contributed by atoms with E-state index in [4.69, 9.17) is 0 Å². The lowest BCUT2D eigenvalue weighted by Gasteiger charge is -2.09. The minimum Gasteiger partial charge on any atom is -0.322 e. The molecule has 29 heavy (non-hydrogen) atoms. The molecule has 0 aliphatic rings. The van der Waals surface area contributed by atoms with Crippen LogP contribution in [0.4, 0.5) is 11.4 Å². The van der Waals surface area contributed by atoms with Crippen LogP contribution >= 0.6 is 11.8 Å². The Hall–Kier alpha value is -2.77. The van der Waals surface area contributed by atoms with Gasteiger partial charge in [-0.15, -0.1) is 0 Å². The Kier molecular flexibility index (Phi) is 6.30. The van der Waals surface area contributed by atoms with Crippen molar-refractivity contribution in [1.29, 1.82) is 0 Å². The molecular formula is C22H22N2O3S2. The maximum Gasteiger partial charge on any atom is 0.255 e. The maximum absolute atomic E-state index is 12.5. The summed E-state index contributed by atoms with van der Waals surface area (Å²) in [6.07, 6.45) is 1.07. The Balaban J connectivity index is 1.67. The van der Waals surface area contributed by atoms with E-state index >= 15 is 0 Å². The molecule has 0 aromatic heterocycles. The van der Waals surface area contributed by atoms with E-state index in [1.165, 1.54) is 22.1 Å². The molecule has 0 bridgehead atoms. The maximum atomic E-state index is 12.5. The second-order valence-electron chi connectivity index (χ2n) is 6.78. The molecule has 3 aromatic rings. The van der Waals surface area contributed by atoms with Crippen LogP contribution in [0.5, 0.6) is 0 Å². The molecule has 2 N–H and O–H groups in total. The molecule has 0 saturated heterocycles. The first kappa shape index (κ1) is 21.0. The molecule has 1 amide bonds. The lowest BCUT2D eigenvalue weighted by Crippen LogP contribution is -2.13. The van der Waals surface area contributed by atoms with Crippen molar-refractivity contribution in [2.45, 2.75) is 23.6 Å². The smallest absolute Gasteiger partial charge is 0.255 e. The van der Waals surface area contributed by atoms with Crippen molar-refractivity contribution in [3.8, 4) is 0 Å². The van der Waals surface area contributed by atoms with E-state index in [0.717, 1.165) is 11.2 Å². The molecule has 5 nitrogen and oxygen atoms in total. The van der Waals surface area contributed by atoms with Crippen LogP contribution in [0.2, 0.25) is 0 Å². The van der Waals surface area contributed by atoms with E-state index in [1.54, 1.807) is 30.0 Å². The largest absolute Gasteiger partial charge is 0.322 e. The summed E-state index contributed by atoms with van der Waals surface area (Å²) in [7, 11) is -3.40. The fourth-order valence-electron chi connectivity index (χ4n) is 2.66. The molecule has 0 aliphatic heterocycles. The minimum absolute atomic E-state index is 0.309. The Morgan fingerprint density at radius 3 is 2.17 bits per heavy atom. The van der Waals surface area contributed by atoms with Crippen LogP contribution in [0.25, 0.3) is 0 Å². The van der Waals surface area contributed by atoms with E-state index < -0.39 is 10.0 Å². The van der Waals surface area contributed by atoms with Gasteiger partial charge in [0.15, 0.2) is 0 Å². The molecule has 0 heterocycles. The monoisotopic (exact) mass is 426 g/mol. The summed E-state index contributed by atoms with van der Waals surface area (Å²) >= 11 is 1.66. The Morgan fingerprint density at radius 1 is 0.828 bits per heavy atom. The number of rotatable bonds is 6. The quantitative estimate of drug-likeness (QED) is 0.576. The van der Waals surface area contributed by atoms with Crippen molar-refractivity contribution < 1.29 is 13.2 Å². The van der Waals surface area contributed by atoms with Gasteiger partial charge in [0, 0.05) is 26.7 Å². The van der Waals surface area contributed by atoms with Crippen LogP contribution in [0.1, 0.15) is 21.5 Å². The van der Waals surface area contributed by atoms with Gasteiger partial charge in [-0.3, -0.25) is 9.52 Å². The number of hydrogen-bond donors (Lipinski definition) is 2. The first-order valence-corrected chi connectivity index (χ1v) is 11.6. The average Bonchev–Trinajstić information content (AvgIpc) is 2.65. The molecule has 7 heteroatoms. The minimum atomic E-state index is -3.40. The van der Waals surface area contributed by atoms with E-state index in [0.29, 0.717) is 16.9 Å². The topological polar surface area (TPSA) is 75.3 Å². The molecule has 0 saturated carbocycles. The second kappa shape index (κ2) is 8.71. The number of hydrogen-bond acceptors (Lipinski definition) is 4. The number of benzene rings is 3. The number of sulfonamides is 1. The van der Waals surface area contributed by atoms with Crippen molar-refractivity contribution in [3.05, 3.63) is 83.4 Å². The van der Waals surface area contributed by atoms with Crippen molar-refractivity contribution in [3.63, 3.8) is 0 Å². The predicted molar refractivity (Wildman–Crippen MR) is 119 cm³/mol. The van der Waals surface area contributed by atoms with E-state index in [1.807, 2.05) is 24.3 Å². The molecule has 0 radical (unpaired) electrons. The summed E-state index contributed by atoms with van der Waals surface area (Å²) in [5, 5.41) is 2.83. The highest BCUT2D eigenvalue weighted by atomic mass is 32.2. The third-order valence-corrected chi connectivity index (χ3v) is 5.86. The van der Waals surface area contributed by atoms with E-state index in [-0.39, 0.29) is 5.91 Å². The van der Waals surface area contributed by atoms with Crippen LogP contribution in [-0.4, -0.2) is 20.6 Å². The SMILES string of the molecule is Cc1ccc(Sc2ccc(NC(=O)c3cccc(NS(C)(=O)=O)c3)cc2)cc1C. The van der Waals surface area contributed by atoms with Crippen LogP contribution in [0.3, 0.4) is 0 Å².